The highest BCUT2D eigenvalue weighted by Crippen LogP contribution is 2.24. The van der Waals surface area contributed by atoms with E-state index in [-0.39, 0.29) is 18.3 Å². The highest BCUT2D eigenvalue weighted by Gasteiger charge is 2.12. The zero-order chi connectivity index (χ0) is 15.8. The molecule has 0 heterocycles. The van der Waals surface area contributed by atoms with E-state index >= 15 is 0 Å². The molecule has 21 heavy (non-hydrogen) atoms. The second-order valence-electron chi connectivity index (χ2n) is 5.24. The van der Waals surface area contributed by atoms with E-state index in [4.69, 9.17) is 9.47 Å². The van der Waals surface area contributed by atoms with Gasteiger partial charge in [0.25, 0.3) is 5.91 Å². The first-order valence-corrected chi connectivity index (χ1v) is 7.02. The van der Waals surface area contributed by atoms with Crippen molar-refractivity contribution in [2.75, 3.05) is 20.3 Å². The van der Waals surface area contributed by atoms with Gasteiger partial charge in [-0.15, -0.1) is 0 Å². The molecule has 0 aliphatic carbocycles. The second-order valence-corrected chi connectivity index (χ2v) is 5.24. The zero-order valence-electron chi connectivity index (χ0n) is 13.1. The molecular weight excluding hydrogens is 270 g/mol. The molecule has 5 nitrogen and oxygen atoms in total. The summed E-state index contributed by atoms with van der Waals surface area (Å²) < 4.78 is 10.5. The third-order valence-electron chi connectivity index (χ3n) is 2.97. The molecule has 0 radical (unpaired) electrons. The van der Waals surface area contributed by atoms with Gasteiger partial charge in [-0.2, -0.15) is 0 Å². The molecule has 5 heteroatoms. The van der Waals surface area contributed by atoms with Gasteiger partial charge in [-0.3, -0.25) is 9.59 Å². The van der Waals surface area contributed by atoms with E-state index in [0.717, 1.165) is 6.42 Å². The first-order chi connectivity index (χ1) is 9.93. The van der Waals surface area contributed by atoms with Crippen LogP contribution in [0.15, 0.2) is 18.2 Å². The van der Waals surface area contributed by atoms with Crippen molar-refractivity contribution in [1.29, 1.82) is 0 Å². The van der Waals surface area contributed by atoms with Gasteiger partial charge in [0.2, 0.25) is 0 Å². The summed E-state index contributed by atoms with van der Waals surface area (Å²) in [4.78, 5) is 23.2. The molecule has 0 bridgehead atoms. The molecule has 0 saturated heterocycles. The van der Waals surface area contributed by atoms with Crippen molar-refractivity contribution >= 4 is 11.7 Å². The van der Waals surface area contributed by atoms with Crippen molar-refractivity contribution in [2.24, 2.45) is 5.92 Å². The number of amides is 1. The Bertz CT molecular complexity index is 497. The molecule has 0 aliphatic rings. The van der Waals surface area contributed by atoms with Crippen molar-refractivity contribution in [3.05, 3.63) is 23.8 Å². The van der Waals surface area contributed by atoms with Gasteiger partial charge in [0.1, 0.15) is 11.5 Å². The Labute approximate surface area is 125 Å². The molecule has 0 atom stereocenters. The van der Waals surface area contributed by atoms with Crippen LogP contribution in [0.25, 0.3) is 0 Å². The maximum Gasteiger partial charge on any atom is 0.257 e. The fourth-order valence-electron chi connectivity index (χ4n) is 1.73. The summed E-state index contributed by atoms with van der Waals surface area (Å²) >= 11 is 0. The summed E-state index contributed by atoms with van der Waals surface area (Å²) in [6.07, 6.45) is 0.924. The quantitative estimate of drug-likeness (QED) is 0.748. The summed E-state index contributed by atoms with van der Waals surface area (Å²) in [5.41, 5.74) is 0.407. The smallest absolute Gasteiger partial charge is 0.257 e. The predicted octanol–water partition coefficient (Wildman–Crippen LogP) is 2.44. The van der Waals surface area contributed by atoms with Crippen molar-refractivity contribution < 1.29 is 19.1 Å². The van der Waals surface area contributed by atoms with Crippen LogP contribution in [0.2, 0.25) is 0 Å². The minimum Gasteiger partial charge on any atom is -0.497 e. The first-order valence-electron chi connectivity index (χ1n) is 7.02. The predicted molar refractivity (Wildman–Crippen MR) is 81.0 cm³/mol. The van der Waals surface area contributed by atoms with Crippen molar-refractivity contribution in [2.45, 2.75) is 27.2 Å². The molecule has 1 N–H and O–H groups in total. The number of hydrogen-bond donors (Lipinski definition) is 1. The number of ether oxygens (including phenoxy) is 2. The fourth-order valence-corrected chi connectivity index (χ4v) is 1.73. The molecule has 0 aliphatic heterocycles. The minimum absolute atomic E-state index is 0.106. The Balaban J connectivity index is 2.58. The summed E-state index contributed by atoms with van der Waals surface area (Å²) in [5.74, 6) is 1.18. The van der Waals surface area contributed by atoms with Crippen LogP contribution >= 0.6 is 0 Å². The number of rotatable bonds is 8. The van der Waals surface area contributed by atoms with Gasteiger partial charge in [-0.1, -0.05) is 13.8 Å². The van der Waals surface area contributed by atoms with Gasteiger partial charge in [0.05, 0.1) is 12.7 Å². The van der Waals surface area contributed by atoms with E-state index in [0.29, 0.717) is 29.5 Å². The van der Waals surface area contributed by atoms with Crippen LogP contribution in [0.5, 0.6) is 11.5 Å². The van der Waals surface area contributed by atoms with E-state index in [2.05, 4.69) is 19.2 Å². The van der Waals surface area contributed by atoms with Gasteiger partial charge in [-0.25, -0.2) is 0 Å². The third-order valence-corrected chi connectivity index (χ3v) is 2.97. The highest BCUT2D eigenvalue weighted by molar-refractivity contribution is 5.97. The van der Waals surface area contributed by atoms with Gasteiger partial charge in [0.15, 0.2) is 12.4 Å². The summed E-state index contributed by atoms with van der Waals surface area (Å²) in [5, 5.41) is 2.78. The SMILES string of the molecule is COc1ccc(OCC(=O)NCCC(C)C)c(C(C)=O)c1. The number of benzene rings is 1. The average Bonchev–Trinajstić information content (AvgIpc) is 2.44. The van der Waals surface area contributed by atoms with E-state index < -0.39 is 0 Å². The molecular formula is C16H23NO4. The van der Waals surface area contributed by atoms with E-state index in [1.807, 2.05) is 0 Å². The minimum atomic E-state index is -0.194. The average molecular weight is 293 g/mol. The molecule has 1 aromatic carbocycles. The molecule has 0 unspecified atom stereocenters. The second kappa shape index (κ2) is 8.29. The summed E-state index contributed by atoms with van der Waals surface area (Å²) in [6, 6.07) is 4.93. The number of Topliss-reactive ketones (excluding diaryl/α,β-unsaturated/α-hetero) is 1. The third kappa shape index (κ3) is 5.85. The number of ketones is 1. The van der Waals surface area contributed by atoms with Crippen LogP contribution < -0.4 is 14.8 Å². The first kappa shape index (κ1) is 17.0. The van der Waals surface area contributed by atoms with Crippen molar-refractivity contribution in [3.63, 3.8) is 0 Å². The van der Waals surface area contributed by atoms with Crippen LogP contribution in [0.1, 0.15) is 37.6 Å². The topological polar surface area (TPSA) is 64.6 Å². The molecule has 1 rings (SSSR count). The Hall–Kier alpha value is -2.04. The van der Waals surface area contributed by atoms with Gasteiger partial charge < -0.3 is 14.8 Å². The molecule has 0 spiro atoms. The summed E-state index contributed by atoms with van der Waals surface area (Å²) in [7, 11) is 1.53. The Morgan fingerprint density at radius 3 is 2.57 bits per heavy atom. The zero-order valence-corrected chi connectivity index (χ0v) is 13.1. The standard InChI is InChI=1S/C16H23NO4/c1-11(2)7-8-17-16(19)10-21-15-6-5-13(20-4)9-14(15)12(3)18/h5-6,9,11H,7-8,10H2,1-4H3,(H,17,19). The maximum absolute atomic E-state index is 11.7. The normalized spacial score (nSPS) is 10.3. The van der Waals surface area contributed by atoms with Crippen LogP contribution in [-0.2, 0) is 4.79 Å². The van der Waals surface area contributed by atoms with Crippen molar-refractivity contribution in [3.8, 4) is 11.5 Å². The van der Waals surface area contributed by atoms with Crippen LogP contribution in [0.3, 0.4) is 0 Å². The van der Waals surface area contributed by atoms with Crippen LogP contribution in [0.4, 0.5) is 0 Å². The number of hydrogen-bond acceptors (Lipinski definition) is 4. The Morgan fingerprint density at radius 1 is 1.29 bits per heavy atom. The van der Waals surface area contributed by atoms with Crippen molar-refractivity contribution in [1.82, 2.24) is 5.32 Å². The lowest BCUT2D eigenvalue weighted by atomic mass is 10.1. The van der Waals surface area contributed by atoms with E-state index in [9.17, 15) is 9.59 Å². The Morgan fingerprint density at radius 2 is 2.00 bits per heavy atom. The van der Waals surface area contributed by atoms with Gasteiger partial charge in [0, 0.05) is 6.54 Å². The lowest BCUT2D eigenvalue weighted by molar-refractivity contribution is -0.123. The molecule has 116 valence electrons. The largest absolute Gasteiger partial charge is 0.497 e. The number of carbonyl (C=O) groups is 2. The molecule has 1 amide bonds. The fraction of sp³-hybridized carbons (Fsp3) is 0.500. The summed E-state index contributed by atoms with van der Waals surface area (Å²) in [6.45, 7) is 6.16. The number of carbonyl (C=O) groups excluding carboxylic acids is 2. The lowest BCUT2D eigenvalue weighted by Crippen LogP contribution is -2.30. The highest BCUT2D eigenvalue weighted by atomic mass is 16.5. The number of methoxy groups -OCH3 is 1. The number of nitrogens with one attached hydrogen (secondary N) is 1. The molecule has 1 aromatic rings. The molecule has 0 fully saturated rings. The van der Waals surface area contributed by atoms with Gasteiger partial charge in [-0.05, 0) is 37.5 Å². The Kier molecular flexibility index (Phi) is 6.72. The van der Waals surface area contributed by atoms with Gasteiger partial charge >= 0.3 is 0 Å². The van der Waals surface area contributed by atoms with Crippen LogP contribution in [-0.4, -0.2) is 32.0 Å². The lowest BCUT2D eigenvalue weighted by Gasteiger charge is -2.12. The maximum atomic E-state index is 11.7. The molecule has 0 aromatic heterocycles. The van der Waals surface area contributed by atoms with E-state index in [1.54, 1.807) is 18.2 Å². The van der Waals surface area contributed by atoms with E-state index in [1.165, 1.54) is 14.0 Å². The van der Waals surface area contributed by atoms with Crippen LogP contribution in [0, 0.1) is 5.92 Å². The monoisotopic (exact) mass is 293 g/mol. The molecule has 0 saturated carbocycles.